The van der Waals surface area contributed by atoms with E-state index >= 15 is 0 Å². The number of benzene rings is 1. The van der Waals surface area contributed by atoms with Crippen molar-refractivity contribution in [2.75, 3.05) is 0 Å². The molecule has 0 unspecified atom stereocenters. The number of hydrogen-bond acceptors (Lipinski definition) is 4. The molecule has 0 aliphatic rings. The fraction of sp³-hybridized carbons (Fsp3) is 0.0714. The van der Waals surface area contributed by atoms with Crippen molar-refractivity contribution < 1.29 is 13.2 Å². The van der Waals surface area contributed by atoms with Crippen molar-refractivity contribution in [2.45, 2.75) is 16.4 Å². The second kappa shape index (κ2) is 5.45. The highest BCUT2D eigenvalue weighted by Crippen LogP contribution is 2.30. The lowest BCUT2D eigenvalue weighted by molar-refractivity contribution is -0.141. The number of aromatic nitrogens is 3. The van der Waals surface area contributed by atoms with E-state index < -0.39 is 11.9 Å². The Bertz CT molecular complexity index is 892. The molecule has 8 heteroatoms. The molecule has 0 fully saturated rings. The van der Waals surface area contributed by atoms with Gasteiger partial charge in [0.1, 0.15) is 10.7 Å². The summed E-state index contributed by atoms with van der Waals surface area (Å²) in [6, 6.07) is 10.3. The second-order valence-corrected chi connectivity index (χ2v) is 5.36. The van der Waals surface area contributed by atoms with Crippen molar-refractivity contribution in [1.82, 2.24) is 15.0 Å². The average molecular weight is 323 g/mol. The topological polar surface area (TPSA) is 58.6 Å². The molecule has 0 atom stereocenters. The summed E-state index contributed by atoms with van der Waals surface area (Å²) in [4.78, 5) is 22.2. The van der Waals surface area contributed by atoms with E-state index in [1.165, 1.54) is 12.1 Å². The summed E-state index contributed by atoms with van der Waals surface area (Å²) in [6.07, 6.45) is -4.51. The smallest absolute Gasteiger partial charge is 0.301 e. The molecule has 1 aromatic carbocycles. The first-order valence-corrected chi connectivity index (χ1v) is 6.96. The molecule has 0 bridgehead atoms. The van der Waals surface area contributed by atoms with Crippen LogP contribution in [0.3, 0.4) is 0 Å². The predicted octanol–water partition coefficient (Wildman–Crippen LogP) is 3.49. The van der Waals surface area contributed by atoms with Gasteiger partial charge >= 0.3 is 6.18 Å². The Hall–Kier alpha value is -2.35. The van der Waals surface area contributed by atoms with Gasteiger partial charge in [-0.15, -0.1) is 0 Å². The van der Waals surface area contributed by atoms with Gasteiger partial charge in [-0.05, 0) is 36.0 Å². The van der Waals surface area contributed by atoms with Gasteiger partial charge in [0, 0.05) is 0 Å². The summed E-state index contributed by atoms with van der Waals surface area (Å²) in [6.45, 7) is 0. The number of para-hydroxylation sites is 1. The summed E-state index contributed by atoms with van der Waals surface area (Å²) < 4.78 is 37.9. The number of pyridine rings is 1. The number of hydrogen-bond donors (Lipinski definition) is 1. The Labute approximate surface area is 126 Å². The highest BCUT2D eigenvalue weighted by Gasteiger charge is 2.32. The number of rotatable bonds is 2. The van der Waals surface area contributed by atoms with Crippen molar-refractivity contribution in [3.8, 4) is 0 Å². The minimum Gasteiger partial charge on any atom is -0.301 e. The van der Waals surface area contributed by atoms with Crippen LogP contribution in [0.4, 0.5) is 13.2 Å². The van der Waals surface area contributed by atoms with Crippen molar-refractivity contribution in [2.24, 2.45) is 0 Å². The van der Waals surface area contributed by atoms with Gasteiger partial charge < -0.3 is 4.98 Å². The number of halogens is 3. The third-order valence-electron chi connectivity index (χ3n) is 2.81. The van der Waals surface area contributed by atoms with Gasteiger partial charge in [-0.1, -0.05) is 18.2 Å². The number of fused-ring (bicyclic) bond motifs is 1. The zero-order valence-electron chi connectivity index (χ0n) is 10.9. The molecule has 0 amide bonds. The Morgan fingerprint density at radius 2 is 1.77 bits per heavy atom. The quantitative estimate of drug-likeness (QED) is 0.734. The highest BCUT2D eigenvalue weighted by atomic mass is 32.2. The van der Waals surface area contributed by atoms with Crippen molar-refractivity contribution in [1.29, 1.82) is 0 Å². The normalized spacial score (nSPS) is 11.8. The molecule has 2 heterocycles. The fourth-order valence-electron chi connectivity index (χ4n) is 1.84. The molecule has 3 aromatic rings. The highest BCUT2D eigenvalue weighted by molar-refractivity contribution is 7.99. The molecule has 0 radical (unpaired) electrons. The van der Waals surface area contributed by atoms with Crippen LogP contribution >= 0.6 is 11.8 Å². The van der Waals surface area contributed by atoms with Gasteiger partial charge in [0.25, 0.3) is 5.56 Å². The number of alkyl halides is 3. The number of H-pyrrole nitrogens is 1. The molecule has 0 saturated carbocycles. The van der Waals surface area contributed by atoms with E-state index in [1.54, 1.807) is 24.3 Å². The molecule has 1 N–H and O–H groups in total. The first-order chi connectivity index (χ1) is 10.4. The summed E-state index contributed by atoms with van der Waals surface area (Å²) in [7, 11) is 0. The van der Waals surface area contributed by atoms with Gasteiger partial charge in [-0.2, -0.15) is 13.2 Å². The van der Waals surface area contributed by atoms with Crippen LogP contribution in [0.1, 0.15) is 5.69 Å². The second-order valence-electron chi connectivity index (χ2n) is 4.35. The maximum atomic E-state index is 12.6. The Morgan fingerprint density at radius 3 is 2.55 bits per heavy atom. The van der Waals surface area contributed by atoms with Crippen molar-refractivity contribution >= 4 is 22.7 Å². The molecule has 2 aromatic heterocycles. The van der Waals surface area contributed by atoms with Crippen LogP contribution in [0.25, 0.3) is 10.9 Å². The molecular formula is C14H8F3N3OS. The molecule has 22 heavy (non-hydrogen) atoms. The number of nitrogens with one attached hydrogen (secondary N) is 1. The van der Waals surface area contributed by atoms with Crippen molar-refractivity contribution in [3.05, 3.63) is 58.5 Å². The van der Waals surface area contributed by atoms with E-state index in [9.17, 15) is 18.0 Å². The predicted molar refractivity (Wildman–Crippen MR) is 75.7 cm³/mol. The van der Waals surface area contributed by atoms with E-state index in [4.69, 9.17) is 0 Å². The van der Waals surface area contributed by atoms with Crippen LogP contribution in [0.15, 0.2) is 57.4 Å². The first kappa shape index (κ1) is 14.6. The SMILES string of the molecule is O=c1[nH]c(Sc2cccc(C(F)(F)F)n2)nc2ccccc12. The monoisotopic (exact) mass is 323 g/mol. The lowest BCUT2D eigenvalue weighted by atomic mass is 10.2. The summed E-state index contributed by atoms with van der Waals surface area (Å²) >= 11 is 0.869. The molecule has 0 spiro atoms. The lowest BCUT2D eigenvalue weighted by Gasteiger charge is -2.07. The van der Waals surface area contributed by atoms with Gasteiger partial charge in [0.05, 0.1) is 10.9 Å². The number of nitrogens with zero attached hydrogens (tertiary/aromatic N) is 2. The molecule has 0 saturated heterocycles. The summed E-state index contributed by atoms with van der Waals surface area (Å²) in [5.41, 5.74) is -0.860. The zero-order chi connectivity index (χ0) is 15.7. The largest absolute Gasteiger partial charge is 0.433 e. The van der Waals surface area contributed by atoms with Crippen LogP contribution in [0, 0.1) is 0 Å². The van der Waals surface area contributed by atoms with E-state index in [-0.39, 0.29) is 15.7 Å². The first-order valence-electron chi connectivity index (χ1n) is 6.15. The molecule has 0 aliphatic heterocycles. The van der Waals surface area contributed by atoms with Crippen LogP contribution in [-0.2, 0) is 6.18 Å². The molecule has 112 valence electrons. The van der Waals surface area contributed by atoms with Crippen LogP contribution in [0.5, 0.6) is 0 Å². The van der Waals surface area contributed by atoms with Gasteiger partial charge in [-0.25, -0.2) is 9.97 Å². The number of aromatic amines is 1. The Morgan fingerprint density at radius 1 is 1.00 bits per heavy atom. The molecular weight excluding hydrogens is 315 g/mol. The minimum atomic E-state index is -4.51. The maximum absolute atomic E-state index is 12.6. The minimum absolute atomic E-state index is 0.105. The van der Waals surface area contributed by atoms with Gasteiger partial charge in [0.2, 0.25) is 0 Å². The van der Waals surface area contributed by atoms with Gasteiger partial charge in [-0.3, -0.25) is 4.79 Å². The van der Waals surface area contributed by atoms with Crippen LogP contribution in [-0.4, -0.2) is 15.0 Å². The van der Waals surface area contributed by atoms with E-state index in [2.05, 4.69) is 15.0 Å². The molecule has 0 aliphatic carbocycles. The third kappa shape index (κ3) is 2.96. The lowest BCUT2D eigenvalue weighted by Crippen LogP contribution is -2.10. The Balaban J connectivity index is 1.98. The van der Waals surface area contributed by atoms with E-state index in [0.29, 0.717) is 10.9 Å². The molecule has 4 nitrogen and oxygen atoms in total. The maximum Gasteiger partial charge on any atom is 0.433 e. The molecule has 3 rings (SSSR count). The average Bonchev–Trinajstić information content (AvgIpc) is 2.47. The fourth-order valence-corrected chi connectivity index (χ4v) is 2.62. The van der Waals surface area contributed by atoms with Crippen LogP contribution in [0.2, 0.25) is 0 Å². The van der Waals surface area contributed by atoms with Gasteiger partial charge in [0.15, 0.2) is 5.16 Å². The third-order valence-corrected chi connectivity index (χ3v) is 3.63. The zero-order valence-corrected chi connectivity index (χ0v) is 11.7. The van der Waals surface area contributed by atoms with Crippen LogP contribution < -0.4 is 5.56 Å². The standard InChI is InChI=1S/C14H8F3N3OS/c15-14(16,17)10-6-3-7-11(19-10)22-13-18-9-5-2-1-4-8(9)12(21)20-13/h1-7H,(H,18,20,21). The summed E-state index contributed by atoms with van der Waals surface area (Å²) in [5, 5.41) is 0.715. The summed E-state index contributed by atoms with van der Waals surface area (Å²) in [5.74, 6) is 0. The Kier molecular flexibility index (Phi) is 3.61. The van der Waals surface area contributed by atoms with E-state index in [0.717, 1.165) is 17.8 Å². The van der Waals surface area contributed by atoms with Crippen molar-refractivity contribution in [3.63, 3.8) is 0 Å². The van der Waals surface area contributed by atoms with E-state index in [1.807, 2.05) is 0 Å².